The summed E-state index contributed by atoms with van der Waals surface area (Å²) < 4.78 is 7.90. The largest absolute Gasteiger partial charge is 0.450 e. The molecule has 0 aliphatic heterocycles. The number of aliphatic hydroxyl groups is 1. The third kappa shape index (κ3) is 4.21. The number of hydrogen-bond donors (Lipinski definition) is 2. The van der Waals surface area contributed by atoms with E-state index in [0.717, 1.165) is 0 Å². The van der Waals surface area contributed by atoms with Gasteiger partial charge in [-0.2, -0.15) is 10.2 Å². The number of aryl methyl sites for hydroxylation is 1. The van der Waals surface area contributed by atoms with Gasteiger partial charge in [0, 0.05) is 25.0 Å². The van der Waals surface area contributed by atoms with E-state index in [2.05, 4.69) is 15.5 Å². The molecule has 3 rings (SSSR count). The fourth-order valence-electron chi connectivity index (χ4n) is 2.51. The highest BCUT2D eigenvalue weighted by atomic mass is 16.5. The number of benzene rings is 1. The SMILES string of the molecule is CCOC(=O)Nc1cccc(C(O)c2nn(-c3cnn(C)c3)ccc2=O)c1. The lowest BCUT2D eigenvalue weighted by atomic mass is 10.1. The maximum atomic E-state index is 12.2. The summed E-state index contributed by atoms with van der Waals surface area (Å²) >= 11 is 0. The molecule has 27 heavy (non-hydrogen) atoms. The number of nitrogens with zero attached hydrogens (tertiary/aromatic N) is 4. The lowest BCUT2D eigenvalue weighted by Crippen LogP contribution is -2.20. The minimum absolute atomic E-state index is 0.0327. The van der Waals surface area contributed by atoms with Crippen LogP contribution in [-0.4, -0.2) is 37.4 Å². The van der Waals surface area contributed by atoms with Crippen LogP contribution in [0.5, 0.6) is 0 Å². The van der Waals surface area contributed by atoms with E-state index in [1.54, 1.807) is 55.3 Å². The van der Waals surface area contributed by atoms with Crippen molar-refractivity contribution >= 4 is 11.8 Å². The fraction of sp³-hybridized carbons (Fsp3) is 0.222. The van der Waals surface area contributed by atoms with Gasteiger partial charge in [-0.25, -0.2) is 9.48 Å². The van der Waals surface area contributed by atoms with Crippen molar-refractivity contribution in [1.29, 1.82) is 0 Å². The summed E-state index contributed by atoms with van der Waals surface area (Å²) in [4.78, 5) is 23.8. The summed E-state index contributed by atoms with van der Waals surface area (Å²) in [6.07, 6.45) is 2.98. The van der Waals surface area contributed by atoms with Gasteiger partial charge in [0.1, 0.15) is 17.5 Å². The van der Waals surface area contributed by atoms with Gasteiger partial charge in [-0.1, -0.05) is 12.1 Å². The van der Waals surface area contributed by atoms with Crippen molar-refractivity contribution in [3.05, 3.63) is 70.4 Å². The molecule has 0 saturated heterocycles. The summed E-state index contributed by atoms with van der Waals surface area (Å²) in [5, 5.41) is 21.5. The monoisotopic (exact) mass is 369 g/mol. The maximum Gasteiger partial charge on any atom is 0.411 e. The molecule has 0 saturated carbocycles. The number of aliphatic hydroxyl groups excluding tert-OH is 1. The van der Waals surface area contributed by atoms with Crippen LogP contribution in [-0.2, 0) is 11.8 Å². The van der Waals surface area contributed by atoms with E-state index in [-0.39, 0.29) is 12.3 Å². The van der Waals surface area contributed by atoms with Gasteiger partial charge in [-0.05, 0) is 24.6 Å². The number of carbonyl (C=O) groups is 1. The molecule has 1 amide bonds. The predicted molar refractivity (Wildman–Crippen MR) is 97.7 cm³/mol. The Morgan fingerprint density at radius 2 is 2.19 bits per heavy atom. The molecule has 1 aromatic carbocycles. The Morgan fingerprint density at radius 1 is 1.37 bits per heavy atom. The molecule has 0 aliphatic rings. The molecule has 0 aliphatic carbocycles. The molecule has 2 N–H and O–H groups in total. The Hall–Kier alpha value is -3.46. The first-order valence-corrected chi connectivity index (χ1v) is 8.28. The van der Waals surface area contributed by atoms with Gasteiger partial charge in [0.25, 0.3) is 0 Å². The first-order valence-electron chi connectivity index (χ1n) is 8.28. The molecule has 1 unspecified atom stereocenters. The highest BCUT2D eigenvalue weighted by Crippen LogP contribution is 2.21. The molecule has 2 aromatic heterocycles. The molecule has 2 heterocycles. The maximum absolute atomic E-state index is 12.2. The second-order valence-electron chi connectivity index (χ2n) is 5.76. The van der Waals surface area contributed by atoms with Crippen LogP contribution in [0.3, 0.4) is 0 Å². The van der Waals surface area contributed by atoms with Crippen LogP contribution in [0.4, 0.5) is 10.5 Å². The number of aromatic nitrogens is 4. The average Bonchev–Trinajstić information content (AvgIpc) is 3.08. The second-order valence-corrected chi connectivity index (χ2v) is 5.76. The predicted octanol–water partition coefficient (Wildman–Crippen LogP) is 1.62. The van der Waals surface area contributed by atoms with Crippen LogP contribution >= 0.6 is 0 Å². The van der Waals surface area contributed by atoms with Crippen LogP contribution in [0.15, 0.2) is 53.7 Å². The molecule has 9 nitrogen and oxygen atoms in total. The Balaban J connectivity index is 1.90. The van der Waals surface area contributed by atoms with Crippen molar-refractivity contribution in [2.24, 2.45) is 7.05 Å². The van der Waals surface area contributed by atoms with Gasteiger partial charge in [0.2, 0.25) is 5.43 Å². The topological polar surface area (TPSA) is 111 Å². The van der Waals surface area contributed by atoms with Crippen molar-refractivity contribution in [3.63, 3.8) is 0 Å². The van der Waals surface area contributed by atoms with E-state index >= 15 is 0 Å². The minimum Gasteiger partial charge on any atom is -0.450 e. The zero-order chi connectivity index (χ0) is 19.4. The van der Waals surface area contributed by atoms with Gasteiger partial charge >= 0.3 is 6.09 Å². The van der Waals surface area contributed by atoms with Gasteiger partial charge in [0.15, 0.2) is 0 Å². The van der Waals surface area contributed by atoms with Gasteiger partial charge in [0.05, 0.1) is 19.0 Å². The highest BCUT2D eigenvalue weighted by molar-refractivity contribution is 5.84. The lowest BCUT2D eigenvalue weighted by molar-refractivity contribution is 0.168. The van der Waals surface area contributed by atoms with E-state index in [0.29, 0.717) is 16.9 Å². The third-order valence-corrected chi connectivity index (χ3v) is 3.77. The van der Waals surface area contributed by atoms with E-state index < -0.39 is 17.6 Å². The standard InChI is InChI=1S/C18H19N5O4/c1-3-27-18(26)20-13-6-4-5-12(9-13)17(25)16-15(24)7-8-23(21-16)14-10-19-22(2)11-14/h4-11,17,25H,3H2,1-2H3,(H,20,26). The zero-order valence-corrected chi connectivity index (χ0v) is 14.9. The van der Waals surface area contributed by atoms with E-state index in [4.69, 9.17) is 4.74 Å². The highest BCUT2D eigenvalue weighted by Gasteiger charge is 2.18. The molecule has 1 atom stereocenters. The number of anilines is 1. The molecule has 140 valence electrons. The zero-order valence-electron chi connectivity index (χ0n) is 14.9. The molecule has 3 aromatic rings. The Bertz CT molecular complexity index is 1010. The molecular weight excluding hydrogens is 350 g/mol. The average molecular weight is 369 g/mol. The number of ether oxygens (including phenoxy) is 1. The van der Waals surface area contributed by atoms with Crippen molar-refractivity contribution < 1.29 is 14.6 Å². The van der Waals surface area contributed by atoms with E-state index in [9.17, 15) is 14.7 Å². The van der Waals surface area contributed by atoms with Crippen molar-refractivity contribution in [2.75, 3.05) is 11.9 Å². The van der Waals surface area contributed by atoms with Crippen molar-refractivity contribution in [3.8, 4) is 5.69 Å². The fourth-order valence-corrected chi connectivity index (χ4v) is 2.51. The second kappa shape index (κ2) is 7.83. The number of rotatable bonds is 5. The summed E-state index contributed by atoms with van der Waals surface area (Å²) in [6.45, 7) is 1.95. The third-order valence-electron chi connectivity index (χ3n) is 3.77. The smallest absolute Gasteiger partial charge is 0.411 e. The van der Waals surface area contributed by atoms with Crippen LogP contribution in [0.2, 0.25) is 0 Å². The van der Waals surface area contributed by atoms with E-state index in [1.807, 2.05) is 0 Å². The number of carbonyl (C=O) groups excluding carboxylic acids is 1. The Morgan fingerprint density at radius 3 is 2.89 bits per heavy atom. The summed E-state index contributed by atoms with van der Waals surface area (Å²) in [5.41, 5.74) is 1.08. The molecule has 0 spiro atoms. The van der Waals surface area contributed by atoms with Crippen molar-refractivity contribution in [2.45, 2.75) is 13.0 Å². The Labute approximate surface area is 154 Å². The summed E-state index contributed by atoms with van der Waals surface area (Å²) in [6, 6.07) is 7.84. The van der Waals surface area contributed by atoms with E-state index in [1.165, 1.54) is 16.9 Å². The Kier molecular flexibility index (Phi) is 5.32. The summed E-state index contributed by atoms with van der Waals surface area (Å²) in [5.74, 6) is 0. The number of hydrogen-bond acceptors (Lipinski definition) is 6. The first kappa shape index (κ1) is 18.3. The molecule has 9 heteroatoms. The van der Waals surface area contributed by atoms with Crippen LogP contribution in [0.1, 0.15) is 24.3 Å². The number of nitrogens with one attached hydrogen (secondary N) is 1. The van der Waals surface area contributed by atoms with Crippen molar-refractivity contribution in [1.82, 2.24) is 19.6 Å². The normalized spacial score (nSPS) is 11.8. The van der Waals surface area contributed by atoms with Crippen LogP contribution < -0.4 is 10.7 Å². The number of amides is 1. The molecule has 0 bridgehead atoms. The molecule has 0 fully saturated rings. The minimum atomic E-state index is -1.26. The van der Waals surface area contributed by atoms with Gasteiger partial charge in [-0.3, -0.25) is 14.8 Å². The first-order chi connectivity index (χ1) is 13.0. The van der Waals surface area contributed by atoms with Gasteiger partial charge in [-0.15, -0.1) is 0 Å². The van der Waals surface area contributed by atoms with Crippen LogP contribution in [0.25, 0.3) is 5.69 Å². The lowest BCUT2D eigenvalue weighted by Gasteiger charge is -2.13. The summed E-state index contributed by atoms with van der Waals surface area (Å²) in [7, 11) is 1.77. The quantitative estimate of drug-likeness (QED) is 0.707. The van der Waals surface area contributed by atoms with Gasteiger partial charge < -0.3 is 9.84 Å². The molecule has 0 radical (unpaired) electrons. The molecular formula is C18H19N5O4. The van der Waals surface area contributed by atoms with Crippen LogP contribution in [0, 0.1) is 0 Å².